The van der Waals surface area contributed by atoms with Gasteiger partial charge in [-0.1, -0.05) is 0 Å². The first-order chi connectivity index (χ1) is 7.92. The van der Waals surface area contributed by atoms with Gasteiger partial charge in [-0.05, 0) is 0 Å². The van der Waals surface area contributed by atoms with Crippen LogP contribution in [0.2, 0.25) is 2.66 Å². The summed E-state index contributed by atoms with van der Waals surface area (Å²) in [6, 6.07) is 0. The van der Waals surface area contributed by atoms with E-state index in [0.29, 0.717) is 34.4 Å². The molecule has 0 aromatic carbocycles. The molecule has 0 bridgehead atoms. The van der Waals surface area contributed by atoms with Crippen molar-refractivity contribution >= 4 is 39.9 Å². The van der Waals surface area contributed by atoms with Gasteiger partial charge < -0.3 is 0 Å². The van der Waals surface area contributed by atoms with Gasteiger partial charge in [0.1, 0.15) is 0 Å². The van der Waals surface area contributed by atoms with E-state index in [1.165, 1.54) is 19.3 Å². The van der Waals surface area contributed by atoms with Crippen molar-refractivity contribution in [3.8, 4) is 0 Å². The van der Waals surface area contributed by atoms with E-state index in [-0.39, 0.29) is 6.42 Å². The fraction of sp³-hybridized carbons (Fsp3) is 0.833. The van der Waals surface area contributed by atoms with Crippen molar-refractivity contribution in [1.29, 1.82) is 0 Å². The fourth-order valence-electron chi connectivity index (χ4n) is 1.90. The van der Waals surface area contributed by atoms with Crippen molar-refractivity contribution in [2.24, 2.45) is 0 Å². The summed E-state index contributed by atoms with van der Waals surface area (Å²) < 4.78 is -0.976. The van der Waals surface area contributed by atoms with Gasteiger partial charge in [0.05, 0.1) is 0 Å². The molecule has 5 heteroatoms. The van der Waals surface area contributed by atoms with Crippen molar-refractivity contribution in [3.05, 3.63) is 0 Å². The summed E-state index contributed by atoms with van der Waals surface area (Å²) >= 11 is 0.390. The summed E-state index contributed by atoms with van der Waals surface area (Å²) in [5.74, 6) is -1.95. The van der Waals surface area contributed by atoms with Crippen LogP contribution in [0.5, 0.6) is 0 Å². The molecule has 94 valence electrons. The van der Waals surface area contributed by atoms with E-state index >= 15 is 0 Å². The quantitative estimate of drug-likeness (QED) is 0.463. The van der Waals surface area contributed by atoms with E-state index in [0.717, 1.165) is 19.3 Å². The number of aliphatic carboxylic acids is 2. The van der Waals surface area contributed by atoms with E-state index in [2.05, 4.69) is 6.92 Å². The Balaban J connectivity index is 3.93. The molecule has 0 radical (unpaired) electrons. The Morgan fingerprint density at radius 3 is 2.06 bits per heavy atom. The van der Waals surface area contributed by atoms with Crippen molar-refractivity contribution in [2.45, 2.75) is 61.0 Å². The molecule has 4 nitrogen and oxygen atoms in total. The van der Waals surface area contributed by atoms with E-state index in [1.54, 1.807) is 0 Å². The van der Waals surface area contributed by atoms with Gasteiger partial charge in [0, 0.05) is 0 Å². The minimum atomic E-state index is -1.01. The van der Waals surface area contributed by atoms with E-state index in [4.69, 9.17) is 10.2 Å². The van der Waals surface area contributed by atoms with Crippen LogP contribution in [0.25, 0.3) is 0 Å². The molecule has 0 rings (SSSR count). The van der Waals surface area contributed by atoms with Gasteiger partial charge in [0.15, 0.2) is 0 Å². The summed E-state index contributed by atoms with van der Waals surface area (Å²) in [5.41, 5.74) is 0. The van der Waals surface area contributed by atoms with E-state index in [1.807, 2.05) is 0 Å². The molecule has 0 fully saturated rings. The average Bonchev–Trinajstić information content (AvgIpc) is 2.22. The second kappa shape index (κ2) is 8.95. The van der Waals surface area contributed by atoms with Crippen molar-refractivity contribution in [1.82, 2.24) is 0 Å². The predicted molar refractivity (Wildman–Crippen MR) is 66.3 cm³/mol. The molecule has 0 heterocycles. The second-order valence-electron chi connectivity index (χ2n) is 4.95. The normalized spacial score (nSPS) is 14.3. The van der Waals surface area contributed by atoms with Crippen LogP contribution in [0.1, 0.15) is 58.3 Å². The van der Waals surface area contributed by atoms with Gasteiger partial charge in [0.25, 0.3) is 0 Å². The first-order valence-corrected chi connectivity index (χ1v) is 7.37. The van der Waals surface area contributed by atoms with Gasteiger partial charge in [-0.25, -0.2) is 0 Å². The number of hydrogen-bond acceptors (Lipinski definition) is 2. The van der Waals surface area contributed by atoms with E-state index in [9.17, 15) is 9.59 Å². The van der Waals surface area contributed by atoms with Crippen molar-refractivity contribution in [3.63, 3.8) is 0 Å². The molecule has 0 aromatic rings. The maximum absolute atomic E-state index is 11.1. The summed E-state index contributed by atoms with van der Waals surface area (Å²) in [4.78, 5) is 21.7. The Morgan fingerprint density at radius 1 is 1.06 bits per heavy atom. The molecule has 0 aliphatic rings. The molecule has 0 aliphatic carbocycles. The van der Waals surface area contributed by atoms with Crippen LogP contribution in [-0.2, 0) is 9.59 Å². The Morgan fingerprint density at radius 2 is 1.59 bits per heavy atom. The zero-order valence-electron chi connectivity index (χ0n) is 10.9. The van der Waals surface area contributed by atoms with Crippen molar-refractivity contribution in [2.75, 3.05) is 0 Å². The van der Waals surface area contributed by atoms with Crippen LogP contribution in [0.15, 0.2) is 0 Å². The molecule has 1 atom stereocenters. The molecule has 17 heavy (non-hydrogen) atoms. The number of unbranched alkanes of at least 4 members (excludes halogenated alkanes) is 5. The number of carboxylic acids is 2. The van der Waals surface area contributed by atoms with Crippen LogP contribution >= 0.6 is 0 Å². The van der Waals surface area contributed by atoms with Crippen LogP contribution in [0, 0.1) is 0 Å². The summed E-state index contributed by atoms with van der Waals surface area (Å²) in [7, 11) is 0. The monoisotopic (exact) mass is 252 g/mol. The molecule has 0 aliphatic heterocycles. The number of hydrogen-bond donors (Lipinski definition) is 2. The Bertz CT molecular complexity index is 255. The molecule has 0 saturated heterocycles. The van der Waals surface area contributed by atoms with Crippen LogP contribution < -0.4 is 0 Å². The van der Waals surface area contributed by atoms with Gasteiger partial charge in [-0.2, -0.15) is 0 Å². The molecule has 0 spiro atoms. The van der Waals surface area contributed by atoms with Crippen LogP contribution in [0.3, 0.4) is 0 Å². The molecule has 2 N–H and O–H groups in total. The van der Waals surface area contributed by atoms with Crippen LogP contribution in [0.4, 0.5) is 0 Å². The molecule has 0 saturated carbocycles. The van der Waals surface area contributed by atoms with Gasteiger partial charge in [-0.3, -0.25) is 0 Å². The number of carboxylic acid groups (broad SMARTS) is 2. The average molecular weight is 252 g/mol. The zero-order chi connectivity index (χ0) is 13.3. The second-order valence-corrected chi connectivity index (χ2v) is 6.87. The van der Waals surface area contributed by atoms with E-state index < -0.39 is 14.6 Å². The zero-order valence-corrected chi connectivity index (χ0v) is 12.9. The van der Waals surface area contributed by atoms with Crippen LogP contribution in [-0.4, -0.2) is 50.1 Å². The first-order valence-electron chi connectivity index (χ1n) is 6.37. The summed E-state index contributed by atoms with van der Waals surface area (Å²) in [5, 5.41) is 17.8. The predicted octanol–water partition coefficient (Wildman–Crippen LogP) is 2.62. The maximum atomic E-state index is 11.1. The Kier molecular flexibility index (Phi) is 8.92. The Labute approximate surface area is 120 Å². The third-order valence-corrected chi connectivity index (χ3v) is 4.42. The van der Waals surface area contributed by atoms with Gasteiger partial charge in [0.2, 0.25) is 0 Å². The first kappa shape index (κ1) is 16.9. The molecule has 0 amide bonds. The third-order valence-electron chi connectivity index (χ3n) is 3.14. The minimum absolute atomic E-state index is 0.233. The Hall–Kier alpha value is -0.0600. The molecular formula is C12H21NaO4. The molecule has 1 unspecified atom stereocenters. The summed E-state index contributed by atoms with van der Waals surface area (Å²) in [6.45, 7) is 2.15. The third kappa shape index (κ3) is 7.79. The number of rotatable bonds is 10. The van der Waals surface area contributed by atoms with Gasteiger partial charge >= 0.3 is 121 Å². The SMILES string of the molecule is CCCCCCCC[C]([Na])(CC(=O)O)C(=O)O. The standard InChI is InChI=1S/C12H21O4.Na/c1-2-3-4-5-6-7-8-10(12(15)16)9-11(13)14;/h2-9H2,1H3,(H,13,14)(H,15,16);. The van der Waals surface area contributed by atoms with Gasteiger partial charge in [-0.15, -0.1) is 0 Å². The topological polar surface area (TPSA) is 74.6 Å². The fourth-order valence-corrected chi connectivity index (χ4v) is 2.56. The molecular weight excluding hydrogens is 231 g/mol. The van der Waals surface area contributed by atoms with Crippen molar-refractivity contribution < 1.29 is 19.8 Å². The number of carbonyl (C=O) groups is 2. The summed E-state index contributed by atoms with van der Waals surface area (Å²) in [6.07, 6.45) is 6.84. The molecule has 0 aromatic heterocycles.